The average Bonchev–Trinajstić information content (AvgIpc) is 3.21. The van der Waals surface area contributed by atoms with E-state index in [1.807, 2.05) is 32.0 Å². The zero-order valence-corrected chi connectivity index (χ0v) is 15.0. The van der Waals surface area contributed by atoms with Crippen LogP contribution in [0.25, 0.3) is 0 Å². The van der Waals surface area contributed by atoms with Gasteiger partial charge < -0.3 is 9.64 Å². The van der Waals surface area contributed by atoms with Crippen molar-refractivity contribution in [3.8, 4) is 0 Å². The Morgan fingerprint density at radius 3 is 2.65 bits per heavy atom. The van der Waals surface area contributed by atoms with E-state index in [-0.39, 0.29) is 24.8 Å². The van der Waals surface area contributed by atoms with E-state index in [2.05, 4.69) is 0 Å². The molecule has 7 nitrogen and oxygen atoms in total. The number of likely N-dealkylation sites (tertiary alicyclic amines) is 1. The number of anilines is 1. The number of rotatable bonds is 4. The summed E-state index contributed by atoms with van der Waals surface area (Å²) < 4.78 is 5.07. The van der Waals surface area contributed by atoms with Gasteiger partial charge in [0.25, 0.3) is 5.91 Å². The number of hydrogen-bond donors (Lipinski definition) is 0. The van der Waals surface area contributed by atoms with Gasteiger partial charge in [-0.2, -0.15) is 0 Å². The topological polar surface area (TPSA) is 84.0 Å². The summed E-state index contributed by atoms with van der Waals surface area (Å²) in [6.45, 7) is 4.06. The highest BCUT2D eigenvalue weighted by Crippen LogP contribution is 2.29. The summed E-state index contributed by atoms with van der Waals surface area (Å²) in [5.74, 6) is -2.06. The monoisotopic (exact) mass is 358 g/mol. The second-order valence-electron chi connectivity index (χ2n) is 6.77. The molecule has 0 spiro atoms. The van der Waals surface area contributed by atoms with Gasteiger partial charge in [0.15, 0.2) is 6.61 Å². The molecule has 2 aliphatic heterocycles. The van der Waals surface area contributed by atoms with Crippen LogP contribution in [0.15, 0.2) is 18.2 Å². The maximum absolute atomic E-state index is 12.3. The molecule has 3 rings (SSSR count). The van der Waals surface area contributed by atoms with Crippen molar-refractivity contribution in [3.63, 3.8) is 0 Å². The first-order chi connectivity index (χ1) is 12.4. The summed E-state index contributed by atoms with van der Waals surface area (Å²) in [6.07, 6.45) is 1.05. The van der Waals surface area contributed by atoms with Crippen molar-refractivity contribution >= 4 is 29.4 Å². The van der Waals surface area contributed by atoms with Crippen molar-refractivity contribution in [2.45, 2.75) is 33.1 Å². The predicted molar refractivity (Wildman–Crippen MR) is 93.3 cm³/mol. The lowest BCUT2D eigenvalue weighted by Gasteiger charge is -2.20. The number of esters is 1. The molecule has 2 aliphatic rings. The van der Waals surface area contributed by atoms with Gasteiger partial charge in [-0.05, 0) is 37.5 Å². The highest BCUT2D eigenvalue weighted by atomic mass is 16.5. The van der Waals surface area contributed by atoms with E-state index in [4.69, 9.17) is 4.74 Å². The summed E-state index contributed by atoms with van der Waals surface area (Å²) in [6, 6.07) is 5.70. The Balaban J connectivity index is 1.59. The molecule has 0 aliphatic carbocycles. The minimum absolute atomic E-state index is 0.0586. The summed E-state index contributed by atoms with van der Waals surface area (Å²) in [4.78, 5) is 50.8. The van der Waals surface area contributed by atoms with E-state index >= 15 is 0 Å². The van der Waals surface area contributed by atoms with Gasteiger partial charge in [-0.1, -0.05) is 12.1 Å². The number of ether oxygens (including phenoxy) is 1. The summed E-state index contributed by atoms with van der Waals surface area (Å²) in [5, 5.41) is 0. The Morgan fingerprint density at radius 1 is 1.19 bits per heavy atom. The number of amides is 3. The maximum atomic E-state index is 12.3. The van der Waals surface area contributed by atoms with Crippen LogP contribution in [0, 0.1) is 19.8 Å². The van der Waals surface area contributed by atoms with E-state index < -0.39 is 24.4 Å². The van der Waals surface area contributed by atoms with Gasteiger partial charge in [-0.25, -0.2) is 0 Å². The van der Waals surface area contributed by atoms with Crippen LogP contribution in [0.3, 0.4) is 0 Å². The van der Waals surface area contributed by atoms with Crippen LogP contribution in [0.4, 0.5) is 5.69 Å². The SMILES string of the molecule is Cc1cccc(N2C[C@@H](C(=O)OCC(=O)N3CCCC3=O)CC2=O)c1C. The standard InChI is InChI=1S/C19H22N2O5/c1-12-5-3-6-15(13(12)2)21-10-14(9-17(21)23)19(25)26-11-18(24)20-8-4-7-16(20)22/h3,5-6,14H,4,7-11H2,1-2H3/t14-/m0/s1. The van der Waals surface area contributed by atoms with Gasteiger partial charge in [0.2, 0.25) is 11.8 Å². The van der Waals surface area contributed by atoms with E-state index in [0.29, 0.717) is 19.4 Å². The molecule has 2 heterocycles. The van der Waals surface area contributed by atoms with Crippen molar-refractivity contribution in [2.24, 2.45) is 5.92 Å². The van der Waals surface area contributed by atoms with E-state index in [1.165, 1.54) is 0 Å². The molecular weight excluding hydrogens is 336 g/mol. The minimum atomic E-state index is -0.607. The molecule has 3 amide bonds. The molecule has 0 bridgehead atoms. The first kappa shape index (κ1) is 18.1. The molecule has 7 heteroatoms. The second-order valence-corrected chi connectivity index (χ2v) is 6.77. The van der Waals surface area contributed by atoms with E-state index in [0.717, 1.165) is 21.7 Å². The number of hydrogen-bond acceptors (Lipinski definition) is 5. The van der Waals surface area contributed by atoms with Crippen LogP contribution in [0.1, 0.15) is 30.4 Å². The number of aryl methyl sites for hydroxylation is 1. The van der Waals surface area contributed by atoms with Gasteiger partial charge in [0.1, 0.15) is 0 Å². The fourth-order valence-electron chi connectivity index (χ4n) is 3.37. The minimum Gasteiger partial charge on any atom is -0.455 e. The van der Waals surface area contributed by atoms with Crippen molar-refractivity contribution in [3.05, 3.63) is 29.3 Å². The molecule has 1 aromatic rings. The smallest absolute Gasteiger partial charge is 0.311 e. The molecule has 0 aromatic heterocycles. The summed E-state index contributed by atoms with van der Waals surface area (Å²) in [7, 11) is 0. The maximum Gasteiger partial charge on any atom is 0.311 e. The van der Waals surface area contributed by atoms with Crippen LogP contribution >= 0.6 is 0 Å². The van der Waals surface area contributed by atoms with Crippen LogP contribution in [0.5, 0.6) is 0 Å². The quantitative estimate of drug-likeness (QED) is 0.759. The molecule has 0 saturated carbocycles. The lowest BCUT2D eigenvalue weighted by molar-refractivity contribution is -0.157. The number of benzene rings is 1. The second kappa shape index (κ2) is 7.27. The Labute approximate surface area is 151 Å². The fraction of sp³-hybridized carbons (Fsp3) is 0.474. The molecule has 1 aromatic carbocycles. The lowest BCUT2D eigenvalue weighted by atomic mass is 10.1. The van der Waals surface area contributed by atoms with Crippen molar-refractivity contribution in [1.82, 2.24) is 4.90 Å². The van der Waals surface area contributed by atoms with Gasteiger partial charge >= 0.3 is 5.97 Å². The highest BCUT2D eigenvalue weighted by molar-refractivity contribution is 6.01. The molecule has 1 atom stereocenters. The summed E-state index contributed by atoms with van der Waals surface area (Å²) >= 11 is 0. The van der Waals surface area contributed by atoms with Crippen molar-refractivity contribution < 1.29 is 23.9 Å². The molecule has 138 valence electrons. The molecule has 0 radical (unpaired) electrons. The van der Waals surface area contributed by atoms with Gasteiger partial charge in [-0.3, -0.25) is 24.1 Å². The first-order valence-electron chi connectivity index (χ1n) is 8.75. The predicted octanol–water partition coefficient (Wildman–Crippen LogP) is 1.35. The molecular formula is C19H22N2O5. The van der Waals surface area contributed by atoms with Crippen LogP contribution < -0.4 is 4.90 Å². The third-order valence-corrected chi connectivity index (χ3v) is 5.04. The van der Waals surface area contributed by atoms with Gasteiger partial charge in [-0.15, -0.1) is 0 Å². The Hall–Kier alpha value is -2.70. The van der Waals surface area contributed by atoms with Crippen LogP contribution in [-0.4, -0.2) is 48.3 Å². The third kappa shape index (κ3) is 3.47. The Morgan fingerprint density at radius 2 is 1.96 bits per heavy atom. The molecule has 2 saturated heterocycles. The van der Waals surface area contributed by atoms with Crippen LogP contribution in [0.2, 0.25) is 0 Å². The van der Waals surface area contributed by atoms with E-state index in [9.17, 15) is 19.2 Å². The van der Waals surface area contributed by atoms with E-state index in [1.54, 1.807) is 4.90 Å². The van der Waals surface area contributed by atoms with Crippen molar-refractivity contribution in [1.29, 1.82) is 0 Å². The lowest BCUT2D eigenvalue weighted by Crippen LogP contribution is -2.36. The number of nitrogens with zero attached hydrogens (tertiary/aromatic N) is 2. The molecule has 2 fully saturated rings. The molecule has 26 heavy (non-hydrogen) atoms. The highest BCUT2D eigenvalue weighted by Gasteiger charge is 2.37. The molecule has 0 unspecified atom stereocenters. The summed E-state index contributed by atoms with van der Waals surface area (Å²) in [5.41, 5.74) is 2.86. The zero-order chi connectivity index (χ0) is 18.8. The first-order valence-corrected chi connectivity index (χ1v) is 8.75. The fourth-order valence-corrected chi connectivity index (χ4v) is 3.37. The van der Waals surface area contributed by atoms with Crippen LogP contribution in [-0.2, 0) is 23.9 Å². The molecule has 0 N–H and O–H groups in total. The normalized spacial score (nSPS) is 20.0. The van der Waals surface area contributed by atoms with Gasteiger partial charge in [0, 0.05) is 31.6 Å². The Bertz CT molecular complexity index is 773. The zero-order valence-electron chi connectivity index (χ0n) is 15.0. The third-order valence-electron chi connectivity index (χ3n) is 5.04. The average molecular weight is 358 g/mol. The van der Waals surface area contributed by atoms with Gasteiger partial charge in [0.05, 0.1) is 5.92 Å². The largest absolute Gasteiger partial charge is 0.455 e. The number of carbonyl (C=O) groups is 4. The Kier molecular flexibility index (Phi) is 5.06. The van der Waals surface area contributed by atoms with Crippen molar-refractivity contribution in [2.75, 3.05) is 24.6 Å². The number of carbonyl (C=O) groups excluding carboxylic acids is 4. The number of imide groups is 1.